The fourth-order valence-electron chi connectivity index (χ4n) is 4.79. The number of rotatable bonds is 2. The molecule has 0 saturated carbocycles. The molecule has 1 spiro atoms. The Morgan fingerprint density at radius 3 is 2.66 bits per heavy atom. The summed E-state index contributed by atoms with van der Waals surface area (Å²) in [5, 5.41) is 3.77. The van der Waals surface area contributed by atoms with Gasteiger partial charge in [0.25, 0.3) is 0 Å². The zero-order chi connectivity index (χ0) is 20.6. The molecule has 1 N–H and O–H groups in total. The maximum atomic E-state index is 12.7. The van der Waals surface area contributed by atoms with Gasteiger partial charge in [-0.2, -0.15) is 0 Å². The smallest absolute Gasteiger partial charge is 0.338 e. The van der Waals surface area contributed by atoms with Crippen molar-refractivity contribution in [2.24, 2.45) is 0 Å². The predicted octanol–water partition coefficient (Wildman–Crippen LogP) is 3.51. The van der Waals surface area contributed by atoms with E-state index in [-0.39, 0.29) is 36.1 Å². The number of esters is 1. The first-order valence-electron chi connectivity index (χ1n) is 10.4. The molecule has 0 aromatic heterocycles. The van der Waals surface area contributed by atoms with E-state index in [1.165, 1.54) is 0 Å². The molecule has 1 aliphatic carbocycles. The quantitative estimate of drug-likeness (QED) is 0.453. The minimum Gasteiger partial charge on any atom is -0.456 e. The normalized spacial score (nSPS) is 32.4. The van der Waals surface area contributed by atoms with Gasteiger partial charge in [-0.15, -0.1) is 0 Å². The van der Waals surface area contributed by atoms with Crippen molar-refractivity contribution in [2.75, 3.05) is 13.3 Å². The van der Waals surface area contributed by atoms with Crippen molar-refractivity contribution < 1.29 is 23.4 Å². The Hall–Kier alpha value is -1.83. The SMILES string of the molecule is CC(C)(C)[Si](C)(C)O[C@@H]1C=CC23c4cc5c(cc4C(=O)O[C@H]2CN[C@@H]3C1)OCO5. The monoisotopic (exact) mass is 415 g/mol. The number of carbonyl (C=O) groups excluding carboxylic acids is 1. The fraction of sp³-hybridized carbons (Fsp3) is 0.591. The maximum absolute atomic E-state index is 12.7. The highest BCUT2D eigenvalue weighted by Crippen LogP contribution is 2.51. The molecule has 3 aliphatic heterocycles. The van der Waals surface area contributed by atoms with Crippen molar-refractivity contribution in [1.29, 1.82) is 0 Å². The summed E-state index contributed by atoms with van der Waals surface area (Å²) < 4.78 is 23.6. The molecular weight excluding hydrogens is 386 g/mol. The molecule has 0 amide bonds. The Morgan fingerprint density at radius 2 is 1.93 bits per heavy atom. The summed E-state index contributed by atoms with van der Waals surface area (Å²) in [5.41, 5.74) is 1.16. The number of carbonyl (C=O) groups is 1. The molecule has 1 aromatic carbocycles. The highest BCUT2D eigenvalue weighted by atomic mass is 28.4. The lowest BCUT2D eigenvalue weighted by molar-refractivity contribution is 0.0132. The summed E-state index contributed by atoms with van der Waals surface area (Å²) >= 11 is 0. The molecular formula is C22H29NO5Si. The predicted molar refractivity (Wildman–Crippen MR) is 111 cm³/mol. The second kappa shape index (κ2) is 6.09. The highest BCUT2D eigenvalue weighted by Gasteiger charge is 2.58. The molecule has 1 aromatic rings. The Balaban J connectivity index is 1.54. The second-order valence-electron chi connectivity index (χ2n) is 10.1. The minimum absolute atomic E-state index is 0.0628. The summed E-state index contributed by atoms with van der Waals surface area (Å²) in [4.78, 5) is 12.7. The van der Waals surface area contributed by atoms with Crippen molar-refractivity contribution in [3.05, 3.63) is 35.4 Å². The first-order chi connectivity index (χ1) is 13.6. The van der Waals surface area contributed by atoms with E-state index in [2.05, 4.69) is 51.3 Å². The molecule has 4 atom stereocenters. The van der Waals surface area contributed by atoms with Crippen molar-refractivity contribution >= 4 is 14.3 Å². The average molecular weight is 416 g/mol. The van der Waals surface area contributed by atoms with Gasteiger partial charge in [0.1, 0.15) is 6.10 Å². The third-order valence-electron chi connectivity index (χ3n) is 7.41. The van der Waals surface area contributed by atoms with Crippen molar-refractivity contribution in [2.45, 2.75) is 69.0 Å². The first-order valence-corrected chi connectivity index (χ1v) is 13.3. The van der Waals surface area contributed by atoms with E-state index in [1.54, 1.807) is 6.07 Å². The Bertz CT molecular complexity index is 905. The second-order valence-corrected chi connectivity index (χ2v) is 14.8. The number of ether oxygens (including phenoxy) is 3. The van der Waals surface area contributed by atoms with Crippen LogP contribution in [-0.4, -0.2) is 45.9 Å². The summed E-state index contributed by atoms with van der Waals surface area (Å²) in [6.07, 6.45) is 5.10. The molecule has 1 fully saturated rings. The van der Waals surface area contributed by atoms with Crippen LogP contribution in [0, 0.1) is 0 Å². The first kappa shape index (κ1) is 19.1. The molecule has 4 aliphatic rings. The Morgan fingerprint density at radius 1 is 1.21 bits per heavy atom. The van der Waals surface area contributed by atoms with E-state index in [4.69, 9.17) is 18.6 Å². The van der Waals surface area contributed by atoms with Gasteiger partial charge in [0.15, 0.2) is 19.8 Å². The summed E-state index contributed by atoms with van der Waals surface area (Å²) in [5.74, 6) is 1.02. The summed E-state index contributed by atoms with van der Waals surface area (Å²) in [6.45, 7) is 12.2. The molecule has 0 bridgehead atoms. The molecule has 6 nitrogen and oxygen atoms in total. The molecule has 3 heterocycles. The largest absolute Gasteiger partial charge is 0.456 e. The molecule has 5 rings (SSSR count). The third kappa shape index (κ3) is 2.70. The van der Waals surface area contributed by atoms with E-state index in [9.17, 15) is 4.79 Å². The molecule has 7 heteroatoms. The molecule has 1 unspecified atom stereocenters. The number of benzene rings is 1. The van der Waals surface area contributed by atoms with Gasteiger partial charge < -0.3 is 24.0 Å². The highest BCUT2D eigenvalue weighted by molar-refractivity contribution is 6.74. The van der Waals surface area contributed by atoms with E-state index in [0.29, 0.717) is 23.6 Å². The van der Waals surface area contributed by atoms with E-state index in [0.717, 1.165) is 12.0 Å². The van der Waals surface area contributed by atoms with Crippen molar-refractivity contribution in [3.63, 3.8) is 0 Å². The topological polar surface area (TPSA) is 66.0 Å². The molecule has 0 radical (unpaired) electrons. The number of hydrogen-bond acceptors (Lipinski definition) is 6. The lowest BCUT2D eigenvalue weighted by atomic mass is 9.65. The van der Waals surface area contributed by atoms with Gasteiger partial charge in [0, 0.05) is 12.6 Å². The van der Waals surface area contributed by atoms with Crippen molar-refractivity contribution in [1.82, 2.24) is 5.32 Å². The van der Waals surface area contributed by atoms with Gasteiger partial charge in [-0.25, -0.2) is 4.79 Å². The van der Waals surface area contributed by atoms with Crippen LogP contribution < -0.4 is 14.8 Å². The van der Waals surface area contributed by atoms with E-state index in [1.807, 2.05) is 6.07 Å². The van der Waals surface area contributed by atoms with Crippen LogP contribution in [0.15, 0.2) is 24.3 Å². The van der Waals surface area contributed by atoms with Crippen LogP contribution in [0.25, 0.3) is 0 Å². The van der Waals surface area contributed by atoms with Gasteiger partial charge in [0.05, 0.1) is 17.1 Å². The summed E-state index contributed by atoms with van der Waals surface area (Å²) in [7, 11) is -1.88. The van der Waals surface area contributed by atoms with Crippen LogP contribution >= 0.6 is 0 Å². The zero-order valence-corrected chi connectivity index (χ0v) is 18.7. The minimum atomic E-state index is -1.88. The standard InChI is InChI=1S/C22H29NO5Si/c1-21(2,3)29(4,5)28-13-6-7-22-15-10-17-16(25-12-26-17)9-14(15)20(24)27-19(22)11-23-18(22)8-13/h6-7,9-10,13,18-19,23H,8,11-12H2,1-5H3/t13-,18-,19+,22?/m1/s1. The van der Waals surface area contributed by atoms with Gasteiger partial charge in [-0.3, -0.25) is 0 Å². The van der Waals surface area contributed by atoms with Gasteiger partial charge >= 0.3 is 5.97 Å². The van der Waals surface area contributed by atoms with Crippen LogP contribution in [0.2, 0.25) is 18.1 Å². The van der Waals surface area contributed by atoms with Crippen LogP contribution in [0.3, 0.4) is 0 Å². The van der Waals surface area contributed by atoms with Gasteiger partial charge in [-0.05, 0) is 42.2 Å². The van der Waals surface area contributed by atoms with Crippen molar-refractivity contribution in [3.8, 4) is 11.5 Å². The average Bonchev–Trinajstić information content (AvgIpc) is 3.24. The maximum Gasteiger partial charge on any atom is 0.338 e. The third-order valence-corrected chi connectivity index (χ3v) is 11.9. The number of hydrogen-bond donors (Lipinski definition) is 1. The molecule has 29 heavy (non-hydrogen) atoms. The van der Waals surface area contributed by atoms with Crippen LogP contribution in [-0.2, 0) is 14.6 Å². The van der Waals surface area contributed by atoms with Gasteiger partial charge in [-0.1, -0.05) is 32.9 Å². The molecule has 156 valence electrons. The van der Waals surface area contributed by atoms with Crippen LogP contribution in [0.5, 0.6) is 11.5 Å². The Labute approximate surface area is 172 Å². The zero-order valence-electron chi connectivity index (χ0n) is 17.7. The van der Waals surface area contributed by atoms with Crippen LogP contribution in [0.4, 0.5) is 0 Å². The van der Waals surface area contributed by atoms with E-state index < -0.39 is 13.7 Å². The number of fused-ring (bicyclic) bond motifs is 2. The fourth-order valence-corrected chi connectivity index (χ4v) is 6.07. The van der Waals surface area contributed by atoms with E-state index >= 15 is 0 Å². The lowest BCUT2D eigenvalue weighted by Gasteiger charge is -2.46. The molecule has 1 saturated heterocycles. The van der Waals surface area contributed by atoms with Gasteiger partial charge in [0.2, 0.25) is 6.79 Å². The lowest BCUT2D eigenvalue weighted by Crippen LogP contribution is -2.54. The number of nitrogens with one attached hydrogen (secondary N) is 1. The summed E-state index contributed by atoms with van der Waals surface area (Å²) in [6, 6.07) is 3.89. The Kier molecular flexibility index (Phi) is 4.02. The van der Waals surface area contributed by atoms with Crippen LogP contribution in [0.1, 0.15) is 43.1 Å².